The van der Waals surface area contributed by atoms with Crippen LogP contribution in [-0.2, 0) is 38.0 Å². The Morgan fingerprint density at radius 1 is 0.891 bits per heavy atom. The first-order valence-corrected chi connectivity index (χ1v) is 23.9. The molecule has 4 N–H and O–H groups in total. The van der Waals surface area contributed by atoms with Gasteiger partial charge in [0.1, 0.15) is 29.3 Å². The molecule has 0 aromatic heterocycles. The molecule has 0 spiro atoms. The van der Waals surface area contributed by atoms with Gasteiger partial charge in [-0.15, -0.1) is 0 Å². The molecule has 14 nitrogen and oxygen atoms in total. The Kier molecular flexibility index (Phi) is 15.1. The van der Waals surface area contributed by atoms with E-state index in [4.69, 9.17) is 33.2 Å². The van der Waals surface area contributed by atoms with Gasteiger partial charge in [-0.25, -0.2) is 4.79 Å². The fraction of sp³-hybridized carbons (Fsp3) is 0.780. The number of Topliss-reactive ketones (excluding diaryl/α,β-unsaturated/α-hetero) is 1. The topological polar surface area (TPSA) is 197 Å². The van der Waals surface area contributed by atoms with Crippen LogP contribution in [0.5, 0.6) is 5.75 Å². The van der Waals surface area contributed by atoms with Crippen LogP contribution in [0.3, 0.4) is 0 Å². The van der Waals surface area contributed by atoms with E-state index in [2.05, 4.69) is 33.8 Å². The summed E-state index contributed by atoms with van der Waals surface area (Å²) in [7, 11) is 1.51. The smallest absolute Gasteiger partial charge is 0.338 e. The summed E-state index contributed by atoms with van der Waals surface area (Å²) in [4.78, 5) is 40.2. The van der Waals surface area contributed by atoms with E-state index >= 15 is 0 Å². The molecule has 0 radical (unpaired) electrons. The number of hydrogen-bond acceptors (Lipinski definition) is 14. The molecule has 2 heterocycles. The number of methoxy groups -OCH3 is 1. The third kappa shape index (κ3) is 9.20. The number of aliphatic hydroxyl groups excluding tert-OH is 3. The number of allylic oxidation sites excluding steroid dienone is 1. The van der Waals surface area contributed by atoms with E-state index in [1.807, 2.05) is 13.8 Å². The molecule has 0 bridgehead atoms. The van der Waals surface area contributed by atoms with Crippen molar-refractivity contribution in [2.24, 2.45) is 46.3 Å². The third-order valence-corrected chi connectivity index (χ3v) is 16.5. The lowest BCUT2D eigenvalue weighted by molar-refractivity contribution is -0.333. The number of esters is 2. The standard InChI is InChI=1S/C50H74O14/c1-9-10-41(54)61-39-26-60-47(44(42(39)55)63-45(56)30-12-15-33(58-8)16-13-30)64-43-28(4)46(59-25-38(43)53)62-40-24-36-34-17-14-31-23-32(51)19-21-48(31,6)35(34)20-22-49(36,7)50(40,57)29(5)37(52)18-11-27(2)3/h12-16,27-29,32,34-36,38-40,42-44,46-47,51,53,55,57H,9-11,17-26H2,1-8H3/t28?,29-,32+,34-,35?,36+,38?,39?,40+,42?,43?,44?,46?,47?,48+,49+,50-/m1/s1. The Hall–Kier alpha value is -2.95. The third-order valence-electron chi connectivity index (χ3n) is 16.5. The Morgan fingerprint density at radius 2 is 1.61 bits per heavy atom. The van der Waals surface area contributed by atoms with Crippen molar-refractivity contribution >= 4 is 17.7 Å². The molecular weight excluding hydrogens is 825 g/mol. The van der Waals surface area contributed by atoms with Gasteiger partial charge in [0.05, 0.1) is 44.2 Å². The maximum atomic E-state index is 14.2. The van der Waals surface area contributed by atoms with Crippen LogP contribution < -0.4 is 4.74 Å². The summed E-state index contributed by atoms with van der Waals surface area (Å²) in [6.07, 6.45) is -0.452. The fourth-order valence-electron chi connectivity index (χ4n) is 12.6. The number of aliphatic hydroxyl groups is 4. The zero-order chi connectivity index (χ0) is 46.3. The van der Waals surface area contributed by atoms with Crippen LogP contribution >= 0.6 is 0 Å². The molecule has 9 unspecified atom stereocenters. The molecule has 2 saturated heterocycles. The predicted molar refractivity (Wildman–Crippen MR) is 234 cm³/mol. The molecular formula is C50H74O14. The zero-order valence-electron chi connectivity index (χ0n) is 39.1. The molecule has 6 aliphatic rings. The predicted octanol–water partition coefficient (Wildman–Crippen LogP) is 6.08. The van der Waals surface area contributed by atoms with Crippen molar-refractivity contribution < 1.29 is 68.0 Å². The molecule has 7 rings (SSSR count). The molecule has 2 aliphatic heterocycles. The van der Waals surface area contributed by atoms with Crippen molar-refractivity contribution in [1.29, 1.82) is 0 Å². The maximum absolute atomic E-state index is 14.2. The Morgan fingerprint density at radius 3 is 2.30 bits per heavy atom. The number of carbonyl (C=O) groups excluding carboxylic acids is 3. The van der Waals surface area contributed by atoms with Crippen molar-refractivity contribution in [3.05, 3.63) is 41.5 Å². The summed E-state index contributed by atoms with van der Waals surface area (Å²) in [5, 5.41) is 47.1. The van der Waals surface area contributed by atoms with Gasteiger partial charge in [0.2, 0.25) is 0 Å². The molecule has 5 fully saturated rings. The highest BCUT2D eigenvalue weighted by atomic mass is 16.7. The maximum Gasteiger partial charge on any atom is 0.338 e. The number of ether oxygens (including phenoxy) is 7. The van der Waals surface area contributed by atoms with Gasteiger partial charge < -0.3 is 53.6 Å². The molecule has 1 aromatic carbocycles. The highest BCUT2D eigenvalue weighted by Gasteiger charge is 2.70. The van der Waals surface area contributed by atoms with E-state index in [1.165, 1.54) is 24.8 Å². The Balaban J connectivity index is 1.14. The van der Waals surface area contributed by atoms with Crippen LogP contribution in [0.15, 0.2) is 35.9 Å². The van der Waals surface area contributed by atoms with E-state index in [0.29, 0.717) is 49.7 Å². The molecule has 3 saturated carbocycles. The summed E-state index contributed by atoms with van der Waals surface area (Å²) < 4.78 is 42.4. The van der Waals surface area contributed by atoms with Crippen molar-refractivity contribution in [3.63, 3.8) is 0 Å². The van der Waals surface area contributed by atoms with Gasteiger partial charge in [0.15, 0.2) is 24.8 Å². The normalized spacial score (nSPS) is 41.2. The monoisotopic (exact) mass is 899 g/mol. The van der Waals surface area contributed by atoms with E-state index in [1.54, 1.807) is 19.1 Å². The number of fused-ring (bicyclic) bond motifs is 5. The van der Waals surface area contributed by atoms with Crippen molar-refractivity contribution in [3.8, 4) is 5.75 Å². The van der Waals surface area contributed by atoms with E-state index < -0.39 is 84.0 Å². The highest BCUT2D eigenvalue weighted by molar-refractivity contribution is 5.89. The summed E-state index contributed by atoms with van der Waals surface area (Å²) in [6.45, 7) is 13.7. The second kappa shape index (κ2) is 19.7. The summed E-state index contributed by atoms with van der Waals surface area (Å²) in [5.41, 5.74) is -0.708. The lowest BCUT2D eigenvalue weighted by Gasteiger charge is -2.59. The van der Waals surface area contributed by atoms with Crippen LogP contribution in [0.2, 0.25) is 0 Å². The zero-order valence-corrected chi connectivity index (χ0v) is 39.1. The fourth-order valence-corrected chi connectivity index (χ4v) is 12.6. The van der Waals surface area contributed by atoms with Crippen LogP contribution in [-0.4, -0.2) is 119 Å². The molecule has 1 aromatic rings. The van der Waals surface area contributed by atoms with Gasteiger partial charge in [0, 0.05) is 30.1 Å². The first-order valence-electron chi connectivity index (χ1n) is 23.9. The van der Waals surface area contributed by atoms with Gasteiger partial charge in [-0.1, -0.05) is 60.1 Å². The molecule has 64 heavy (non-hydrogen) atoms. The molecule has 0 amide bonds. The minimum atomic E-state index is -1.54. The Labute approximate surface area is 378 Å². The molecule has 14 heteroatoms. The SMILES string of the molecule is CCCC(=O)OC1COC(OC2C(O)COC(O[C@H]3C[C@H]4[C@@H]5CC=C6C[C@@H](O)CC[C@]6(C)C5CC[C@]4(C)[C@@]3(O)[C@H](C)C(=O)CCC(C)C)C2C)C(OC(=O)c2ccc(OC)cc2)C1O. The van der Waals surface area contributed by atoms with Gasteiger partial charge in [-0.3, -0.25) is 9.59 Å². The first-order chi connectivity index (χ1) is 30.4. The average Bonchev–Trinajstić information content (AvgIpc) is 3.50. The number of hydrogen-bond donors (Lipinski definition) is 4. The lowest BCUT2D eigenvalue weighted by Crippen LogP contribution is -2.62. The van der Waals surface area contributed by atoms with Gasteiger partial charge in [-0.05, 0) is 111 Å². The summed E-state index contributed by atoms with van der Waals surface area (Å²) >= 11 is 0. The van der Waals surface area contributed by atoms with E-state index in [0.717, 1.165) is 32.1 Å². The number of ketones is 1. The van der Waals surface area contributed by atoms with Crippen molar-refractivity contribution in [2.75, 3.05) is 20.3 Å². The quantitative estimate of drug-likeness (QED) is 0.117. The number of benzene rings is 1. The first kappa shape index (κ1) is 49.0. The van der Waals surface area contributed by atoms with Crippen LogP contribution in [0.25, 0.3) is 0 Å². The second-order valence-electron chi connectivity index (χ2n) is 20.7. The molecule has 4 aliphatic carbocycles. The minimum absolute atomic E-state index is 0.00371. The number of rotatable bonds is 15. The Bertz CT molecular complexity index is 1830. The van der Waals surface area contributed by atoms with E-state index in [-0.39, 0.29) is 54.3 Å². The van der Waals surface area contributed by atoms with Crippen LogP contribution in [0.4, 0.5) is 0 Å². The van der Waals surface area contributed by atoms with Crippen molar-refractivity contribution in [2.45, 2.75) is 180 Å². The molecule has 358 valence electrons. The second-order valence-corrected chi connectivity index (χ2v) is 20.7. The van der Waals surface area contributed by atoms with Crippen molar-refractivity contribution in [1.82, 2.24) is 0 Å². The summed E-state index contributed by atoms with van der Waals surface area (Å²) in [6, 6.07) is 6.23. The van der Waals surface area contributed by atoms with Gasteiger partial charge >= 0.3 is 11.9 Å². The lowest BCUT2D eigenvalue weighted by atomic mass is 9.46. The molecule has 17 atom stereocenters. The van der Waals surface area contributed by atoms with Gasteiger partial charge in [0.25, 0.3) is 0 Å². The average molecular weight is 899 g/mol. The van der Waals surface area contributed by atoms with Gasteiger partial charge in [-0.2, -0.15) is 0 Å². The minimum Gasteiger partial charge on any atom is -0.497 e. The number of carbonyl (C=O) groups is 3. The highest BCUT2D eigenvalue weighted by Crippen LogP contribution is 2.69. The van der Waals surface area contributed by atoms with Crippen LogP contribution in [0, 0.1) is 46.3 Å². The largest absolute Gasteiger partial charge is 0.497 e. The summed E-state index contributed by atoms with van der Waals surface area (Å²) in [5.74, 6) is -1.23. The van der Waals surface area contributed by atoms with E-state index in [9.17, 15) is 34.8 Å². The van der Waals surface area contributed by atoms with Crippen LogP contribution in [0.1, 0.15) is 129 Å².